The van der Waals surface area contributed by atoms with Crippen molar-refractivity contribution in [3.8, 4) is 0 Å². The maximum atomic E-state index is 12.7. The van der Waals surface area contributed by atoms with Crippen LogP contribution in [0.3, 0.4) is 0 Å². The minimum atomic E-state index is -4.33. The highest BCUT2D eigenvalue weighted by Crippen LogP contribution is 2.33. The molecule has 0 bridgehead atoms. The van der Waals surface area contributed by atoms with Gasteiger partial charge in [-0.05, 0) is 38.0 Å². The van der Waals surface area contributed by atoms with Crippen molar-refractivity contribution < 1.29 is 18.0 Å². The number of Topliss-reactive ketones (excluding diaryl/α,β-unsaturated/α-hetero) is 1. The Balaban J connectivity index is 2.25. The summed E-state index contributed by atoms with van der Waals surface area (Å²) in [6.07, 6.45) is -1.23. The van der Waals surface area contributed by atoms with Crippen LogP contribution in [-0.2, 0) is 11.0 Å². The topological polar surface area (TPSA) is 32.7 Å². The van der Waals surface area contributed by atoms with E-state index in [2.05, 4.69) is 9.89 Å². The van der Waals surface area contributed by atoms with Gasteiger partial charge < -0.3 is 0 Å². The van der Waals surface area contributed by atoms with Gasteiger partial charge in [0.2, 0.25) is 0 Å². The number of hydrogen-bond donors (Lipinski definition) is 0. The molecule has 1 aliphatic heterocycles. The fourth-order valence-electron chi connectivity index (χ4n) is 3.25. The van der Waals surface area contributed by atoms with E-state index in [1.54, 1.807) is 6.21 Å². The van der Waals surface area contributed by atoms with Crippen molar-refractivity contribution in [1.29, 1.82) is 0 Å². The number of ketones is 1. The number of benzene rings is 1. The van der Waals surface area contributed by atoms with Gasteiger partial charge in [-0.25, -0.2) is 0 Å². The van der Waals surface area contributed by atoms with Crippen LogP contribution in [0.15, 0.2) is 40.5 Å². The third-order valence-corrected chi connectivity index (χ3v) is 4.51. The Hall–Kier alpha value is -1.95. The molecule has 0 aliphatic carbocycles. The van der Waals surface area contributed by atoms with Gasteiger partial charge in [-0.15, -0.1) is 0 Å². The first kappa shape index (κ1) is 19.4. The van der Waals surface area contributed by atoms with Crippen LogP contribution in [0, 0.1) is 0 Å². The van der Waals surface area contributed by atoms with E-state index in [1.165, 1.54) is 19.1 Å². The molecule has 1 heterocycles. The largest absolute Gasteiger partial charge is 0.416 e. The van der Waals surface area contributed by atoms with Crippen LogP contribution in [-0.4, -0.2) is 30.0 Å². The molecular weight excluding hydrogens is 329 g/mol. The molecule has 2 rings (SSSR count). The summed E-state index contributed by atoms with van der Waals surface area (Å²) in [5, 5.41) is 0. The van der Waals surface area contributed by atoms with E-state index in [4.69, 9.17) is 0 Å². The van der Waals surface area contributed by atoms with Crippen molar-refractivity contribution in [2.45, 2.75) is 45.8 Å². The lowest BCUT2D eigenvalue weighted by Gasteiger charge is -2.35. The number of nitrogens with zero attached hydrogens (tertiary/aromatic N) is 2. The minimum Gasteiger partial charge on any atom is -0.295 e. The molecule has 1 aromatic rings. The molecule has 0 saturated heterocycles. The number of carbonyl (C=O) groups is 1. The summed E-state index contributed by atoms with van der Waals surface area (Å²) in [6.45, 7) is 6.54. The van der Waals surface area contributed by atoms with E-state index in [0.717, 1.165) is 36.4 Å². The van der Waals surface area contributed by atoms with Crippen LogP contribution in [0.5, 0.6) is 0 Å². The fraction of sp³-hybridized carbons (Fsp3) is 0.474. The Bertz CT molecular complexity index is 675. The Morgan fingerprint density at radius 2 is 1.96 bits per heavy atom. The van der Waals surface area contributed by atoms with Crippen LogP contribution >= 0.6 is 0 Å². The monoisotopic (exact) mass is 352 g/mol. The summed E-state index contributed by atoms with van der Waals surface area (Å²) in [5.41, 5.74) is 1.69. The van der Waals surface area contributed by atoms with Crippen LogP contribution in [0.1, 0.15) is 50.8 Å². The highest BCUT2D eigenvalue weighted by molar-refractivity contribution is 5.94. The summed E-state index contributed by atoms with van der Waals surface area (Å²) in [5.74, 6) is -0.00688. The van der Waals surface area contributed by atoms with Crippen molar-refractivity contribution in [3.05, 3.63) is 46.7 Å². The van der Waals surface area contributed by atoms with Gasteiger partial charge in [-0.3, -0.25) is 14.7 Å². The molecule has 6 heteroatoms. The summed E-state index contributed by atoms with van der Waals surface area (Å²) >= 11 is 0. The normalized spacial score (nSPS) is 18.0. The van der Waals surface area contributed by atoms with E-state index in [-0.39, 0.29) is 11.8 Å². The molecule has 0 radical (unpaired) electrons. The fourth-order valence-corrected chi connectivity index (χ4v) is 3.25. The van der Waals surface area contributed by atoms with Crippen molar-refractivity contribution in [3.63, 3.8) is 0 Å². The predicted molar refractivity (Wildman–Crippen MR) is 92.5 cm³/mol. The van der Waals surface area contributed by atoms with E-state index in [0.29, 0.717) is 18.5 Å². The zero-order valence-electron chi connectivity index (χ0n) is 14.7. The molecule has 1 aliphatic rings. The van der Waals surface area contributed by atoms with Gasteiger partial charge in [0.25, 0.3) is 0 Å². The lowest BCUT2D eigenvalue weighted by Crippen LogP contribution is -2.36. The highest BCUT2D eigenvalue weighted by Gasteiger charge is 2.31. The van der Waals surface area contributed by atoms with Gasteiger partial charge in [0.15, 0.2) is 5.78 Å². The first-order valence-electron chi connectivity index (χ1n) is 8.40. The molecule has 0 fully saturated rings. The number of rotatable bonds is 5. The Labute approximate surface area is 146 Å². The molecule has 25 heavy (non-hydrogen) atoms. The van der Waals surface area contributed by atoms with Crippen LogP contribution < -0.4 is 0 Å². The third kappa shape index (κ3) is 4.57. The number of hydrogen-bond acceptors (Lipinski definition) is 3. The Morgan fingerprint density at radius 1 is 1.32 bits per heavy atom. The molecule has 0 aromatic heterocycles. The van der Waals surface area contributed by atoms with Gasteiger partial charge in [-0.2, -0.15) is 13.2 Å². The Morgan fingerprint density at radius 3 is 2.44 bits per heavy atom. The van der Waals surface area contributed by atoms with Gasteiger partial charge in [0, 0.05) is 43.0 Å². The van der Waals surface area contributed by atoms with Gasteiger partial charge in [-0.1, -0.05) is 19.1 Å². The quantitative estimate of drug-likeness (QED) is 0.714. The summed E-state index contributed by atoms with van der Waals surface area (Å²) in [6, 6.07) is 5.29. The minimum absolute atomic E-state index is 0.00688. The molecule has 1 atom stereocenters. The second-order valence-corrected chi connectivity index (χ2v) is 6.13. The molecule has 0 saturated carbocycles. The lowest BCUT2D eigenvalue weighted by atomic mass is 9.96. The first-order valence-corrected chi connectivity index (χ1v) is 8.40. The first-order chi connectivity index (χ1) is 11.8. The number of alkyl halides is 3. The average molecular weight is 352 g/mol. The molecule has 0 N–H and O–H groups in total. The van der Waals surface area contributed by atoms with E-state index in [1.807, 2.05) is 13.8 Å². The zero-order chi connectivity index (χ0) is 18.6. The number of aliphatic imine (C=N–C) groups is 1. The molecule has 136 valence electrons. The molecular formula is C19H23F3N2O. The van der Waals surface area contributed by atoms with Gasteiger partial charge in [0.1, 0.15) is 0 Å². The smallest absolute Gasteiger partial charge is 0.295 e. The van der Waals surface area contributed by atoms with Crippen LogP contribution in [0.25, 0.3) is 0 Å². The summed E-state index contributed by atoms with van der Waals surface area (Å²) in [7, 11) is 0. The highest BCUT2D eigenvalue weighted by atomic mass is 19.4. The van der Waals surface area contributed by atoms with E-state index >= 15 is 0 Å². The molecule has 0 amide bonds. The molecule has 1 unspecified atom stereocenters. The second-order valence-electron chi connectivity index (χ2n) is 6.13. The second kappa shape index (κ2) is 7.95. The van der Waals surface area contributed by atoms with Crippen molar-refractivity contribution in [1.82, 2.24) is 4.90 Å². The lowest BCUT2D eigenvalue weighted by molar-refractivity contribution is -0.137. The van der Waals surface area contributed by atoms with Crippen LogP contribution in [0.4, 0.5) is 13.2 Å². The summed E-state index contributed by atoms with van der Waals surface area (Å²) < 4.78 is 38.2. The molecule has 0 spiro atoms. The maximum absolute atomic E-state index is 12.7. The van der Waals surface area contributed by atoms with E-state index < -0.39 is 11.7 Å². The average Bonchev–Trinajstić information content (AvgIpc) is 2.56. The van der Waals surface area contributed by atoms with Crippen molar-refractivity contribution in [2.24, 2.45) is 4.99 Å². The third-order valence-electron chi connectivity index (χ3n) is 4.51. The predicted octanol–water partition coefficient (Wildman–Crippen LogP) is 4.80. The van der Waals surface area contributed by atoms with Crippen molar-refractivity contribution >= 4 is 12.0 Å². The maximum Gasteiger partial charge on any atom is 0.416 e. The van der Waals surface area contributed by atoms with Gasteiger partial charge in [0.05, 0.1) is 5.56 Å². The van der Waals surface area contributed by atoms with Crippen LogP contribution in [0.2, 0.25) is 0 Å². The zero-order valence-corrected chi connectivity index (χ0v) is 14.7. The number of carbonyl (C=O) groups excluding carboxylic acids is 1. The summed E-state index contributed by atoms with van der Waals surface area (Å²) in [4.78, 5) is 18.4. The molecule has 1 aromatic carbocycles. The van der Waals surface area contributed by atoms with E-state index in [9.17, 15) is 18.0 Å². The van der Waals surface area contributed by atoms with Gasteiger partial charge >= 0.3 is 6.18 Å². The molecule has 3 nitrogen and oxygen atoms in total. The SMILES string of the molecule is CC=NC1=C(C(C)=O)CN(C(CC)c2ccc(C(F)(F)F)cc2)CC1. The standard InChI is InChI=1S/C19H23F3N2O/c1-4-18(14-6-8-15(9-7-14)19(20,21)22)24-11-10-17(23-5-2)16(12-24)13(3)25/h5-9,18H,4,10-12H2,1-3H3. The van der Waals surface area contributed by atoms with Crippen molar-refractivity contribution in [2.75, 3.05) is 13.1 Å². The Kier molecular flexibility index (Phi) is 6.16. The number of halogens is 3.